The molecule has 0 bridgehead atoms. The largest absolute Gasteiger partial charge is 0.347 e. The summed E-state index contributed by atoms with van der Waals surface area (Å²) in [6, 6.07) is 4.12. The lowest BCUT2D eigenvalue weighted by molar-refractivity contribution is -0.131. The van der Waals surface area contributed by atoms with Crippen LogP contribution in [-0.4, -0.2) is 42.3 Å². The van der Waals surface area contributed by atoms with Crippen molar-refractivity contribution in [1.82, 2.24) is 10.2 Å². The molecule has 1 aliphatic rings. The smallest absolute Gasteiger partial charge is 0.243 e. The highest BCUT2D eigenvalue weighted by Crippen LogP contribution is 2.15. The number of hydrogen-bond donors (Lipinski definition) is 2. The summed E-state index contributed by atoms with van der Waals surface area (Å²) in [5.74, 6) is -1.06. The van der Waals surface area contributed by atoms with E-state index in [2.05, 4.69) is 10.6 Å². The average Bonchev–Trinajstić information content (AvgIpc) is 2.78. The fraction of sp³-hybridized carbons (Fsp3) is 0.500. The van der Waals surface area contributed by atoms with Gasteiger partial charge in [0.2, 0.25) is 17.7 Å². The predicted octanol–water partition coefficient (Wildman–Crippen LogP) is 1.98. The molecule has 3 amide bonds. The number of likely N-dealkylation sites (tertiary alicyclic amines) is 1. The highest BCUT2D eigenvalue weighted by molar-refractivity contribution is 5.95. The lowest BCUT2D eigenvalue weighted by atomic mass is 10.2. The van der Waals surface area contributed by atoms with Crippen molar-refractivity contribution in [2.24, 2.45) is 0 Å². The van der Waals surface area contributed by atoms with Crippen LogP contribution in [0, 0.1) is 12.7 Å². The number of carbonyl (C=O) groups is 3. The van der Waals surface area contributed by atoms with E-state index in [1.807, 2.05) is 0 Å². The Morgan fingerprint density at radius 1 is 1.20 bits per heavy atom. The van der Waals surface area contributed by atoms with Crippen LogP contribution in [0.3, 0.4) is 0 Å². The Balaban J connectivity index is 1.73. The van der Waals surface area contributed by atoms with Gasteiger partial charge < -0.3 is 15.5 Å². The summed E-state index contributed by atoms with van der Waals surface area (Å²) >= 11 is 0. The molecule has 1 aromatic rings. The third kappa shape index (κ3) is 6.17. The lowest BCUT2D eigenvalue weighted by Gasteiger charge is -2.20. The van der Waals surface area contributed by atoms with Crippen LogP contribution in [0.4, 0.5) is 10.1 Å². The second-order valence-electron chi connectivity index (χ2n) is 6.23. The van der Waals surface area contributed by atoms with Gasteiger partial charge in [0.15, 0.2) is 0 Å². The molecule has 1 aromatic carbocycles. The molecule has 0 atom stereocenters. The lowest BCUT2D eigenvalue weighted by Crippen LogP contribution is -2.37. The number of nitrogens with zero attached hydrogens (tertiary/aromatic N) is 1. The SMILES string of the molecule is Cc1ccc(F)cc1NC(=O)CNC(=O)CCN1CCCCCC1=O. The first-order valence-electron chi connectivity index (χ1n) is 8.56. The maximum Gasteiger partial charge on any atom is 0.243 e. The van der Waals surface area contributed by atoms with E-state index in [0.29, 0.717) is 25.2 Å². The van der Waals surface area contributed by atoms with Gasteiger partial charge in [-0.1, -0.05) is 12.5 Å². The molecule has 0 unspecified atom stereocenters. The Morgan fingerprint density at radius 3 is 2.80 bits per heavy atom. The van der Waals surface area contributed by atoms with Crippen molar-refractivity contribution in [3.8, 4) is 0 Å². The van der Waals surface area contributed by atoms with Gasteiger partial charge >= 0.3 is 0 Å². The molecule has 1 aliphatic heterocycles. The van der Waals surface area contributed by atoms with Crippen molar-refractivity contribution >= 4 is 23.4 Å². The van der Waals surface area contributed by atoms with Gasteiger partial charge in [0.05, 0.1) is 6.54 Å². The average molecular weight is 349 g/mol. The van der Waals surface area contributed by atoms with Crippen molar-refractivity contribution in [2.45, 2.75) is 39.0 Å². The summed E-state index contributed by atoms with van der Waals surface area (Å²) in [6.45, 7) is 2.62. The summed E-state index contributed by atoms with van der Waals surface area (Å²) in [5, 5.41) is 5.09. The molecule has 1 fully saturated rings. The van der Waals surface area contributed by atoms with E-state index in [-0.39, 0.29) is 24.8 Å². The summed E-state index contributed by atoms with van der Waals surface area (Å²) in [6.07, 6.45) is 3.60. The molecule has 0 radical (unpaired) electrons. The summed E-state index contributed by atoms with van der Waals surface area (Å²) < 4.78 is 13.2. The fourth-order valence-electron chi connectivity index (χ4n) is 2.70. The standard InChI is InChI=1S/C18H24FN3O3/c1-13-6-7-14(19)11-15(13)21-17(24)12-20-16(23)8-10-22-9-4-2-3-5-18(22)25/h6-7,11H,2-5,8-10,12H2,1H3,(H,20,23)(H,21,24). The van der Waals surface area contributed by atoms with E-state index in [4.69, 9.17) is 0 Å². The number of nitrogens with one attached hydrogen (secondary N) is 2. The van der Waals surface area contributed by atoms with E-state index in [1.165, 1.54) is 12.1 Å². The van der Waals surface area contributed by atoms with Crippen LogP contribution in [0.2, 0.25) is 0 Å². The molecular formula is C18H24FN3O3. The minimum absolute atomic E-state index is 0.0876. The number of aryl methyl sites for hydroxylation is 1. The number of carbonyl (C=O) groups excluding carboxylic acids is 3. The van der Waals surface area contributed by atoms with Crippen LogP contribution in [0.1, 0.15) is 37.7 Å². The van der Waals surface area contributed by atoms with Gasteiger partial charge in [-0.3, -0.25) is 14.4 Å². The van der Waals surface area contributed by atoms with Gasteiger partial charge in [-0.15, -0.1) is 0 Å². The summed E-state index contributed by atoms with van der Waals surface area (Å²) in [7, 11) is 0. The second kappa shape index (κ2) is 9.15. The number of amides is 3. The number of rotatable bonds is 6. The quantitative estimate of drug-likeness (QED) is 0.824. The highest BCUT2D eigenvalue weighted by atomic mass is 19.1. The maximum absolute atomic E-state index is 13.2. The van der Waals surface area contributed by atoms with E-state index >= 15 is 0 Å². The Kier molecular flexibility index (Phi) is 6.91. The minimum atomic E-state index is -0.438. The van der Waals surface area contributed by atoms with Crippen molar-refractivity contribution in [1.29, 1.82) is 0 Å². The monoisotopic (exact) mass is 349 g/mol. The highest BCUT2D eigenvalue weighted by Gasteiger charge is 2.17. The molecule has 0 saturated carbocycles. The van der Waals surface area contributed by atoms with Crippen LogP contribution in [0.5, 0.6) is 0 Å². The molecular weight excluding hydrogens is 325 g/mol. The first-order valence-corrected chi connectivity index (χ1v) is 8.56. The van der Waals surface area contributed by atoms with Gasteiger partial charge in [-0.05, 0) is 37.5 Å². The Hall–Kier alpha value is -2.44. The normalized spacial score (nSPS) is 14.8. The van der Waals surface area contributed by atoms with Gasteiger partial charge in [-0.25, -0.2) is 4.39 Å². The molecule has 25 heavy (non-hydrogen) atoms. The number of anilines is 1. The Morgan fingerprint density at radius 2 is 2.00 bits per heavy atom. The van der Waals surface area contributed by atoms with Crippen LogP contribution in [0.15, 0.2) is 18.2 Å². The van der Waals surface area contributed by atoms with Gasteiger partial charge in [0.25, 0.3) is 0 Å². The molecule has 0 aliphatic carbocycles. The molecule has 7 heteroatoms. The topological polar surface area (TPSA) is 78.5 Å². The Bertz CT molecular complexity index is 648. The van der Waals surface area contributed by atoms with Crippen molar-refractivity contribution < 1.29 is 18.8 Å². The van der Waals surface area contributed by atoms with Gasteiger partial charge in [-0.2, -0.15) is 0 Å². The number of halogens is 1. The molecule has 1 heterocycles. The van der Waals surface area contributed by atoms with Crippen LogP contribution >= 0.6 is 0 Å². The molecule has 2 N–H and O–H groups in total. The van der Waals surface area contributed by atoms with E-state index < -0.39 is 11.7 Å². The first kappa shape index (κ1) is 18.9. The first-order chi connectivity index (χ1) is 12.0. The fourth-order valence-corrected chi connectivity index (χ4v) is 2.70. The van der Waals surface area contributed by atoms with Crippen molar-refractivity contribution in [3.63, 3.8) is 0 Å². The zero-order valence-electron chi connectivity index (χ0n) is 14.4. The second-order valence-corrected chi connectivity index (χ2v) is 6.23. The minimum Gasteiger partial charge on any atom is -0.347 e. The van der Waals surface area contributed by atoms with Crippen LogP contribution in [0.25, 0.3) is 0 Å². The van der Waals surface area contributed by atoms with Crippen molar-refractivity contribution in [3.05, 3.63) is 29.6 Å². The van der Waals surface area contributed by atoms with E-state index in [9.17, 15) is 18.8 Å². The molecule has 136 valence electrons. The molecule has 1 saturated heterocycles. The zero-order chi connectivity index (χ0) is 18.2. The molecule has 0 aromatic heterocycles. The van der Waals surface area contributed by atoms with Gasteiger partial charge in [0.1, 0.15) is 5.82 Å². The number of hydrogen-bond acceptors (Lipinski definition) is 3. The number of benzene rings is 1. The third-order valence-corrected chi connectivity index (χ3v) is 4.20. The summed E-state index contributed by atoms with van der Waals surface area (Å²) in [5.41, 5.74) is 1.12. The Labute approximate surface area is 146 Å². The third-order valence-electron chi connectivity index (χ3n) is 4.20. The molecule has 6 nitrogen and oxygen atoms in total. The van der Waals surface area contributed by atoms with Crippen molar-refractivity contribution in [2.75, 3.05) is 25.0 Å². The van der Waals surface area contributed by atoms with Crippen LogP contribution < -0.4 is 10.6 Å². The summed E-state index contributed by atoms with van der Waals surface area (Å²) in [4.78, 5) is 37.3. The van der Waals surface area contributed by atoms with Crippen LogP contribution in [-0.2, 0) is 14.4 Å². The molecule has 0 spiro atoms. The van der Waals surface area contributed by atoms with E-state index in [1.54, 1.807) is 17.9 Å². The van der Waals surface area contributed by atoms with Gasteiger partial charge in [0, 0.05) is 31.6 Å². The zero-order valence-corrected chi connectivity index (χ0v) is 14.4. The maximum atomic E-state index is 13.2. The molecule has 2 rings (SSSR count). The predicted molar refractivity (Wildman–Crippen MR) is 92.4 cm³/mol. The van der Waals surface area contributed by atoms with E-state index in [0.717, 1.165) is 24.8 Å².